The van der Waals surface area contributed by atoms with E-state index in [-0.39, 0.29) is 24.8 Å². The molecule has 0 fully saturated rings. The first-order valence-corrected chi connectivity index (χ1v) is 10.5. The number of methoxy groups -OCH3 is 1. The maximum atomic E-state index is 12.4. The number of rotatable bonds is 9. The lowest BCUT2D eigenvalue weighted by molar-refractivity contribution is -0.120. The van der Waals surface area contributed by atoms with Crippen LogP contribution in [0.4, 0.5) is 0 Å². The number of benzene rings is 3. The minimum Gasteiger partial charge on any atom is -0.497 e. The minimum absolute atomic E-state index is 0.0813. The summed E-state index contributed by atoms with van der Waals surface area (Å²) < 4.78 is 5.12. The molecule has 0 saturated heterocycles. The van der Waals surface area contributed by atoms with Crippen LogP contribution in [-0.4, -0.2) is 30.6 Å². The quantitative estimate of drug-likeness (QED) is 0.484. The first kappa shape index (κ1) is 23.0. The van der Waals surface area contributed by atoms with Crippen LogP contribution in [0, 0.1) is 6.92 Å². The standard InChI is InChI=1S/C26H28N2O4/c1-18-5-3-4-6-23(18)24(29)17-28-26(31)21-11-7-20(8-12-21)16-27-25(30)15-19-9-13-22(32-2)14-10-19/h3-14,24,29H,15-17H2,1-2H3,(H,27,30)(H,28,31). The van der Waals surface area contributed by atoms with Crippen molar-refractivity contribution in [2.24, 2.45) is 0 Å². The molecule has 0 aliphatic rings. The first-order chi connectivity index (χ1) is 15.5. The Balaban J connectivity index is 1.46. The highest BCUT2D eigenvalue weighted by Crippen LogP contribution is 2.16. The summed E-state index contributed by atoms with van der Waals surface area (Å²) in [6.07, 6.45) is -0.478. The SMILES string of the molecule is COc1ccc(CC(=O)NCc2ccc(C(=O)NCC(O)c3ccccc3C)cc2)cc1. The van der Waals surface area contributed by atoms with Crippen molar-refractivity contribution >= 4 is 11.8 Å². The van der Waals surface area contributed by atoms with Crippen LogP contribution < -0.4 is 15.4 Å². The van der Waals surface area contributed by atoms with Gasteiger partial charge in [-0.25, -0.2) is 0 Å². The normalized spacial score (nSPS) is 11.5. The number of aliphatic hydroxyl groups excluding tert-OH is 1. The van der Waals surface area contributed by atoms with Crippen LogP contribution in [-0.2, 0) is 17.8 Å². The third kappa shape index (κ3) is 6.43. The molecule has 0 aliphatic carbocycles. The third-order valence-corrected chi connectivity index (χ3v) is 5.23. The molecule has 0 aromatic heterocycles. The van der Waals surface area contributed by atoms with Crippen molar-refractivity contribution in [2.45, 2.75) is 26.0 Å². The van der Waals surface area contributed by atoms with Crippen molar-refractivity contribution in [2.75, 3.05) is 13.7 Å². The zero-order chi connectivity index (χ0) is 22.9. The second-order valence-electron chi connectivity index (χ2n) is 7.58. The predicted molar refractivity (Wildman–Crippen MR) is 123 cm³/mol. The molecular weight excluding hydrogens is 404 g/mol. The molecule has 0 radical (unpaired) electrons. The Kier molecular flexibility index (Phi) is 8.00. The Labute approximate surface area is 188 Å². The largest absolute Gasteiger partial charge is 0.497 e. The molecule has 6 heteroatoms. The second kappa shape index (κ2) is 11.1. The molecule has 2 amide bonds. The van der Waals surface area contributed by atoms with E-state index in [0.717, 1.165) is 28.0 Å². The number of nitrogens with one attached hydrogen (secondary N) is 2. The van der Waals surface area contributed by atoms with Gasteiger partial charge in [0.25, 0.3) is 5.91 Å². The zero-order valence-electron chi connectivity index (χ0n) is 18.3. The number of hydrogen-bond acceptors (Lipinski definition) is 4. The Morgan fingerprint density at radius 2 is 1.56 bits per heavy atom. The van der Waals surface area contributed by atoms with Crippen LogP contribution in [0.3, 0.4) is 0 Å². The molecule has 3 N–H and O–H groups in total. The van der Waals surface area contributed by atoms with E-state index in [1.165, 1.54) is 0 Å². The van der Waals surface area contributed by atoms with Gasteiger partial charge < -0.3 is 20.5 Å². The smallest absolute Gasteiger partial charge is 0.251 e. The molecule has 3 aromatic rings. The summed E-state index contributed by atoms with van der Waals surface area (Å²) in [5, 5.41) is 16.0. The lowest BCUT2D eigenvalue weighted by Gasteiger charge is -2.14. The van der Waals surface area contributed by atoms with Crippen molar-refractivity contribution in [3.63, 3.8) is 0 Å². The number of aliphatic hydroxyl groups is 1. The third-order valence-electron chi connectivity index (χ3n) is 5.23. The van der Waals surface area contributed by atoms with Crippen LogP contribution in [0.1, 0.15) is 38.7 Å². The summed E-state index contributed by atoms with van der Waals surface area (Å²) in [6, 6.07) is 22.0. The molecule has 0 spiro atoms. The van der Waals surface area contributed by atoms with Gasteiger partial charge in [0, 0.05) is 18.7 Å². The van der Waals surface area contributed by atoms with Crippen molar-refractivity contribution < 1.29 is 19.4 Å². The highest BCUT2D eigenvalue weighted by molar-refractivity contribution is 5.94. The fourth-order valence-electron chi connectivity index (χ4n) is 3.33. The van der Waals surface area contributed by atoms with Gasteiger partial charge in [0.2, 0.25) is 5.91 Å². The molecule has 0 saturated carbocycles. The molecule has 1 unspecified atom stereocenters. The summed E-state index contributed by atoms with van der Waals surface area (Å²) in [5.41, 5.74) is 4.07. The monoisotopic (exact) mass is 432 g/mol. The second-order valence-corrected chi connectivity index (χ2v) is 7.58. The van der Waals surface area contributed by atoms with Gasteiger partial charge in [0.05, 0.1) is 19.6 Å². The molecular formula is C26H28N2O4. The zero-order valence-corrected chi connectivity index (χ0v) is 18.3. The van der Waals surface area contributed by atoms with Crippen LogP contribution in [0.25, 0.3) is 0 Å². The Hall–Kier alpha value is -3.64. The molecule has 6 nitrogen and oxygen atoms in total. The summed E-state index contributed by atoms with van der Waals surface area (Å²) in [5.74, 6) is 0.415. The van der Waals surface area contributed by atoms with Gasteiger partial charge in [0.15, 0.2) is 0 Å². The Morgan fingerprint density at radius 3 is 2.22 bits per heavy atom. The van der Waals surface area contributed by atoms with E-state index < -0.39 is 6.10 Å². The topological polar surface area (TPSA) is 87.7 Å². The summed E-state index contributed by atoms with van der Waals surface area (Å²) in [4.78, 5) is 24.6. The van der Waals surface area contributed by atoms with Crippen LogP contribution in [0.2, 0.25) is 0 Å². The molecule has 0 aliphatic heterocycles. The van der Waals surface area contributed by atoms with E-state index in [4.69, 9.17) is 4.74 Å². The molecule has 0 heterocycles. The number of carbonyl (C=O) groups is 2. The van der Waals surface area contributed by atoms with Gasteiger partial charge in [-0.3, -0.25) is 9.59 Å². The molecule has 3 aromatic carbocycles. The fraction of sp³-hybridized carbons (Fsp3) is 0.231. The van der Waals surface area contributed by atoms with Crippen LogP contribution >= 0.6 is 0 Å². The molecule has 1 atom stereocenters. The fourth-order valence-corrected chi connectivity index (χ4v) is 3.33. The molecule has 3 rings (SSSR count). The maximum absolute atomic E-state index is 12.4. The van der Waals surface area contributed by atoms with Crippen molar-refractivity contribution in [1.29, 1.82) is 0 Å². The number of ether oxygens (including phenoxy) is 1. The molecule has 32 heavy (non-hydrogen) atoms. The lowest BCUT2D eigenvalue weighted by Crippen LogP contribution is -2.28. The number of amides is 2. The Morgan fingerprint density at radius 1 is 0.906 bits per heavy atom. The van der Waals surface area contributed by atoms with E-state index in [9.17, 15) is 14.7 Å². The number of carbonyl (C=O) groups excluding carboxylic acids is 2. The Bertz CT molecular complexity index is 1050. The van der Waals surface area contributed by atoms with Crippen molar-refractivity contribution in [1.82, 2.24) is 10.6 Å². The average molecular weight is 433 g/mol. The highest BCUT2D eigenvalue weighted by atomic mass is 16.5. The van der Waals surface area contributed by atoms with Gasteiger partial charge in [-0.2, -0.15) is 0 Å². The summed E-state index contributed by atoms with van der Waals surface area (Å²) in [6.45, 7) is 2.44. The lowest BCUT2D eigenvalue weighted by atomic mass is 10.0. The predicted octanol–water partition coefficient (Wildman–Crippen LogP) is 3.33. The van der Waals surface area contributed by atoms with Crippen molar-refractivity contribution in [3.05, 3.63) is 101 Å². The average Bonchev–Trinajstić information content (AvgIpc) is 2.82. The van der Waals surface area contributed by atoms with E-state index >= 15 is 0 Å². The van der Waals surface area contributed by atoms with Gasteiger partial charge in [-0.15, -0.1) is 0 Å². The maximum Gasteiger partial charge on any atom is 0.251 e. The summed E-state index contributed by atoms with van der Waals surface area (Å²) >= 11 is 0. The van der Waals surface area contributed by atoms with Crippen LogP contribution in [0.15, 0.2) is 72.8 Å². The molecule has 166 valence electrons. The number of hydrogen-bond donors (Lipinski definition) is 3. The summed E-state index contributed by atoms with van der Waals surface area (Å²) in [7, 11) is 1.60. The van der Waals surface area contributed by atoms with Gasteiger partial charge in [-0.1, -0.05) is 48.5 Å². The van der Waals surface area contributed by atoms with E-state index in [1.54, 1.807) is 31.4 Å². The van der Waals surface area contributed by atoms with Crippen molar-refractivity contribution in [3.8, 4) is 5.75 Å². The van der Waals surface area contributed by atoms with Crippen LogP contribution in [0.5, 0.6) is 5.75 Å². The van der Waals surface area contributed by atoms with E-state index in [0.29, 0.717) is 12.1 Å². The highest BCUT2D eigenvalue weighted by Gasteiger charge is 2.12. The van der Waals surface area contributed by atoms with Gasteiger partial charge >= 0.3 is 0 Å². The molecule has 0 bridgehead atoms. The number of aryl methyl sites for hydroxylation is 1. The van der Waals surface area contributed by atoms with E-state index in [1.807, 2.05) is 55.5 Å². The van der Waals surface area contributed by atoms with Gasteiger partial charge in [0.1, 0.15) is 5.75 Å². The minimum atomic E-state index is -0.764. The van der Waals surface area contributed by atoms with E-state index in [2.05, 4.69) is 10.6 Å². The van der Waals surface area contributed by atoms with Gasteiger partial charge in [-0.05, 0) is 53.4 Å². The first-order valence-electron chi connectivity index (χ1n) is 10.5.